The van der Waals surface area contributed by atoms with Crippen molar-refractivity contribution >= 4 is 38.1 Å². The van der Waals surface area contributed by atoms with E-state index < -0.39 is 10.0 Å². The normalized spacial score (nSPS) is 14.3. The van der Waals surface area contributed by atoms with Crippen LogP contribution in [0.15, 0.2) is 65.6 Å². The largest absolute Gasteiger partial charge is 0.483 e. The molecule has 0 unspecified atom stereocenters. The van der Waals surface area contributed by atoms with E-state index in [0.29, 0.717) is 50.8 Å². The van der Waals surface area contributed by atoms with Crippen molar-refractivity contribution in [3.63, 3.8) is 0 Å². The Hall–Kier alpha value is -3.14. The van der Waals surface area contributed by atoms with Gasteiger partial charge in [0.1, 0.15) is 5.75 Å². The Labute approximate surface area is 206 Å². The number of anilines is 2. The number of amides is 1. The molecule has 1 N–H and O–H groups in total. The van der Waals surface area contributed by atoms with E-state index in [9.17, 15) is 13.2 Å². The summed E-state index contributed by atoms with van der Waals surface area (Å²) >= 11 is 0. The lowest BCUT2D eigenvalue weighted by atomic mass is 10.1. The summed E-state index contributed by atoms with van der Waals surface area (Å²) in [7, 11) is -3.68. The predicted octanol–water partition coefficient (Wildman–Crippen LogP) is 3.72. The second-order valence-corrected chi connectivity index (χ2v) is 10.1. The van der Waals surface area contributed by atoms with Crippen molar-refractivity contribution in [1.82, 2.24) is 4.31 Å². The van der Waals surface area contributed by atoms with E-state index in [4.69, 9.17) is 9.47 Å². The van der Waals surface area contributed by atoms with E-state index in [-0.39, 0.29) is 17.4 Å². The van der Waals surface area contributed by atoms with Gasteiger partial charge in [-0.15, -0.1) is 0 Å². The fourth-order valence-corrected chi connectivity index (χ4v) is 5.70. The van der Waals surface area contributed by atoms with Gasteiger partial charge < -0.3 is 19.7 Å². The van der Waals surface area contributed by atoms with Crippen molar-refractivity contribution in [3.05, 3.63) is 60.7 Å². The SMILES string of the molecule is CCN(CC)S(=O)(=O)c1ccc(N2CCOCC2)c(NC(=O)COc2cccc3ccccc23)c1. The molecule has 35 heavy (non-hydrogen) atoms. The topological polar surface area (TPSA) is 88.2 Å². The average Bonchev–Trinajstić information content (AvgIpc) is 2.88. The fraction of sp³-hybridized carbons (Fsp3) is 0.346. The molecule has 1 saturated heterocycles. The number of rotatable bonds is 9. The smallest absolute Gasteiger partial charge is 0.262 e. The van der Waals surface area contributed by atoms with Gasteiger partial charge in [0.25, 0.3) is 5.91 Å². The van der Waals surface area contributed by atoms with Gasteiger partial charge in [-0.2, -0.15) is 4.31 Å². The molecule has 8 nitrogen and oxygen atoms in total. The molecule has 0 spiro atoms. The number of fused-ring (bicyclic) bond motifs is 1. The van der Waals surface area contributed by atoms with E-state index in [0.717, 1.165) is 16.5 Å². The number of hydrogen-bond donors (Lipinski definition) is 1. The third-order valence-corrected chi connectivity index (χ3v) is 8.09. The molecule has 1 aliphatic rings. The average molecular weight is 498 g/mol. The molecular weight excluding hydrogens is 466 g/mol. The highest BCUT2D eigenvalue weighted by atomic mass is 32.2. The molecule has 0 bridgehead atoms. The van der Waals surface area contributed by atoms with Crippen LogP contribution < -0.4 is 15.0 Å². The number of benzene rings is 3. The number of hydrogen-bond acceptors (Lipinski definition) is 6. The minimum absolute atomic E-state index is 0.142. The monoisotopic (exact) mass is 497 g/mol. The Kier molecular flexibility index (Phi) is 7.90. The van der Waals surface area contributed by atoms with Crippen molar-refractivity contribution in [1.29, 1.82) is 0 Å². The van der Waals surface area contributed by atoms with Crippen LogP contribution in [0.1, 0.15) is 13.8 Å². The lowest BCUT2D eigenvalue weighted by molar-refractivity contribution is -0.118. The first-order valence-corrected chi connectivity index (χ1v) is 13.3. The highest BCUT2D eigenvalue weighted by molar-refractivity contribution is 7.89. The predicted molar refractivity (Wildman–Crippen MR) is 138 cm³/mol. The van der Waals surface area contributed by atoms with Crippen LogP contribution in [0.4, 0.5) is 11.4 Å². The maximum atomic E-state index is 13.1. The summed E-state index contributed by atoms with van der Waals surface area (Å²) in [5.41, 5.74) is 1.19. The minimum atomic E-state index is -3.68. The number of nitrogens with one attached hydrogen (secondary N) is 1. The van der Waals surface area contributed by atoms with Crippen LogP contribution in [-0.2, 0) is 19.6 Å². The number of ether oxygens (including phenoxy) is 2. The third kappa shape index (κ3) is 5.58. The molecule has 1 amide bonds. The van der Waals surface area contributed by atoms with Gasteiger partial charge in [0, 0.05) is 31.6 Å². The summed E-state index contributed by atoms with van der Waals surface area (Å²) in [6, 6.07) is 18.4. The third-order valence-electron chi connectivity index (χ3n) is 6.05. The van der Waals surface area contributed by atoms with Crippen LogP contribution in [0.3, 0.4) is 0 Å². The van der Waals surface area contributed by atoms with Crippen LogP contribution in [0, 0.1) is 0 Å². The van der Waals surface area contributed by atoms with Crippen LogP contribution >= 0.6 is 0 Å². The van der Waals surface area contributed by atoms with E-state index in [1.54, 1.807) is 26.0 Å². The molecule has 3 aromatic carbocycles. The summed E-state index contributed by atoms with van der Waals surface area (Å²) in [6.07, 6.45) is 0. The van der Waals surface area contributed by atoms with Crippen molar-refractivity contribution in [2.24, 2.45) is 0 Å². The highest BCUT2D eigenvalue weighted by Crippen LogP contribution is 2.31. The molecule has 9 heteroatoms. The Morgan fingerprint density at radius 3 is 2.49 bits per heavy atom. The van der Waals surface area contributed by atoms with Gasteiger partial charge >= 0.3 is 0 Å². The molecule has 3 aromatic rings. The van der Waals surface area contributed by atoms with Crippen LogP contribution in [0.5, 0.6) is 5.75 Å². The van der Waals surface area contributed by atoms with Crippen molar-refractivity contribution in [3.8, 4) is 5.75 Å². The lowest BCUT2D eigenvalue weighted by Gasteiger charge is -2.31. The zero-order valence-electron chi connectivity index (χ0n) is 20.1. The van der Waals surface area contributed by atoms with Crippen LogP contribution in [-0.4, -0.2) is 64.6 Å². The number of carbonyl (C=O) groups is 1. The van der Waals surface area contributed by atoms with Crippen molar-refractivity contribution < 1.29 is 22.7 Å². The number of nitrogens with zero attached hydrogens (tertiary/aromatic N) is 2. The molecule has 1 aliphatic heterocycles. The summed E-state index contributed by atoms with van der Waals surface area (Å²) in [4.78, 5) is 15.1. The van der Waals surface area contributed by atoms with Gasteiger partial charge in [0.2, 0.25) is 10.0 Å². The van der Waals surface area contributed by atoms with Gasteiger partial charge in [-0.1, -0.05) is 50.2 Å². The Balaban J connectivity index is 1.58. The van der Waals surface area contributed by atoms with E-state index in [2.05, 4.69) is 10.2 Å². The molecular formula is C26H31N3O5S. The van der Waals surface area contributed by atoms with Gasteiger partial charge in [-0.05, 0) is 29.7 Å². The van der Waals surface area contributed by atoms with Crippen LogP contribution in [0.25, 0.3) is 10.8 Å². The quantitative estimate of drug-likeness (QED) is 0.485. The van der Waals surface area contributed by atoms with Crippen LogP contribution in [0.2, 0.25) is 0 Å². The molecule has 186 valence electrons. The second-order valence-electron chi connectivity index (χ2n) is 8.18. The van der Waals surface area contributed by atoms with Crippen molar-refractivity contribution in [2.45, 2.75) is 18.7 Å². The van der Waals surface area contributed by atoms with E-state index in [1.165, 1.54) is 10.4 Å². The lowest BCUT2D eigenvalue weighted by Crippen LogP contribution is -2.37. The maximum absolute atomic E-state index is 13.1. The van der Waals surface area contributed by atoms with Gasteiger partial charge in [0.05, 0.1) is 29.5 Å². The zero-order chi connectivity index (χ0) is 24.8. The number of carbonyl (C=O) groups excluding carboxylic acids is 1. The molecule has 1 fully saturated rings. The molecule has 4 rings (SSSR count). The summed E-state index contributed by atoms with van der Waals surface area (Å²) in [5.74, 6) is 0.245. The summed E-state index contributed by atoms with van der Waals surface area (Å²) < 4.78 is 38.9. The Morgan fingerprint density at radius 1 is 1.03 bits per heavy atom. The maximum Gasteiger partial charge on any atom is 0.262 e. The van der Waals surface area contributed by atoms with Crippen molar-refractivity contribution in [2.75, 3.05) is 56.2 Å². The first-order chi connectivity index (χ1) is 16.9. The molecule has 1 heterocycles. The minimum Gasteiger partial charge on any atom is -0.483 e. The van der Waals surface area contributed by atoms with E-state index in [1.807, 2.05) is 42.5 Å². The molecule has 0 aromatic heterocycles. The zero-order valence-corrected chi connectivity index (χ0v) is 20.9. The number of sulfonamides is 1. The molecule has 0 radical (unpaired) electrons. The Bertz CT molecular complexity index is 1280. The van der Waals surface area contributed by atoms with Gasteiger partial charge in [0.15, 0.2) is 6.61 Å². The Morgan fingerprint density at radius 2 is 1.74 bits per heavy atom. The fourth-order valence-electron chi connectivity index (χ4n) is 4.22. The molecule has 0 atom stereocenters. The first-order valence-electron chi connectivity index (χ1n) is 11.8. The molecule has 0 aliphatic carbocycles. The standard InChI is InChI=1S/C26H31N3O5S/c1-3-29(4-2)35(31,32)21-12-13-24(28-14-16-33-17-15-28)23(18-21)27-26(30)19-34-25-11-7-9-20-8-5-6-10-22(20)25/h5-13,18H,3-4,14-17,19H2,1-2H3,(H,27,30). The van der Waals surface area contributed by atoms with E-state index >= 15 is 0 Å². The summed E-state index contributed by atoms with van der Waals surface area (Å²) in [5, 5.41) is 4.83. The highest BCUT2D eigenvalue weighted by Gasteiger charge is 2.25. The van der Waals surface area contributed by atoms with Gasteiger partial charge in [-0.3, -0.25) is 4.79 Å². The summed E-state index contributed by atoms with van der Waals surface area (Å²) in [6.45, 7) is 6.56. The van der Waals surface area contributed by atoms with Gasteiger partial charge in [-0.25, -0.2) is 8.42 Å². The second kappa shape index (κ2) is 11.1. The number of morpholine rings is 1. The molecule has 0 saturated carbocycles. The first kappa shape index (κ1) is 25.0.